The van der Waals surface area contributed by atoms with E-state index in [1.165, 1.54) is 5.56 Å². The number of benzene rings is 2. The summed E-state index contributed by atoms with van der Waals surface area (Å²) < 4.78 is 0. The molecule has 2 rings (SSSR count). The first-order valence-electron chi connectivity index (χ1n) is 10.8. The van der Waals surface area contributed by atoms with Gasteiger partial charge >= 0.3 is 0 Å². The van der Waals surface area contributed by atoms with Crippen LogP contribution in [0.15, 0.2) is 60.7 Å². The summed E-state index contributed by atoms with van der Waals surface area (Å²) in [5.41, 5.74) is 1.78. The highest BCUT2D eigenvalue weighted by atomic mass is 16.2. The number of nitrogens with zero attached hydrogens (tertiary/aromatic N) is 1. The Balaban J connectivity index is 2.20. The number of hydrogen-bond donors (Lipinski definition) is 0. The number of amides is 1. The van der Waals surface area contributed by atoms with Gasteiger partial charge in [-0.25, -0.2) is 0 Å². The third-order valence-corrected chi connectivity index (χ3v) is 5.73. The van der Waals surface area contributed by atoms with Crippen LogP contribution in [0.1, 0.15) is 67.8 Å². The molecule has 156 valence electrons. The van der Waals surface area contributed by atoms with E-state index in [0.29, 0.717) is 12.8 Å². The molecule has 0 aliphatic rings. The molecule has 29 heavy (non-hydrogen) atoms. The number of ketones is 1. The van der Waals surface area contributed by atoms with Crippen molar-refractivity contribution in [3.8, 4) is 0 Å². The molecule has 0 saturated carbocycles. The van der Waals surface area contributed by atoms with E-state index in [1.807, 2.05) is 36.4 Å². The molecule has 2 aromatic carbocycles. The Morgan fingerprint density at radius 2 is 1.41 bits per heavy atom. The largest absolute Gasteiger partial charge is 0.349 e. The fourth-order valence-corrected chi connectivity index (χ4v) is 3.95. The number of carbonyl (C=O) groups excluding carboxylic acids is 2. The minimum atomic E-state index is -0.279. The Morgan fingerprint density at radius 3 is 2.00 bits per heavy atom. The van der Waals surface area contributed by atoms with Crippen LogP contribution in [0, 0.1) is 5.41 Å². The van der Waals surface area contributed by atoms with E-state index in [0.717, 1.165) is 44.1 Å². The molecule has 0 unspecified atom stereocenters. The quantitative estimate of drug-likeness (QED) is 0.419. The molecule has 2 aromatic rings. The highest BCUT2D eigenvalue weighted by molar-refractivity contribution is 5.96. The molecule has 0 N–H and O–H groups in total. The van der Waals surface area contributed by atoms with Gasteiger partial charge in [-0.3, -0.25) is 9.59 Å². The minimum absolute atomic E-state index is 0.113. The van der Waals surface area contributed by atoms with Crippen LogP contribution in [0.4, 0.5) is 0 Å². The lowest BCUT2D eigenvalue weighted by molar-refractivity contribution is -0.131. The summed E-state index contributed by atoms with van der Waals surface area (Å²) in [5.74, 6) is 0.259. The average Bonchev–Trinajstić information content (AvgIpc) is 2.73. The summed E-state index contributed by atoms with van der Waals surface area (Å²) in [4.78, 5) is 27.4. The molecule has 3 nitrogen and oxygen atoms in total. The summed E-state index contributed by atoms with van der Waals surface area (Å²) in [7, 11) is 3.60. The Labute approximate surface area is 176 Å². The van der Waals surface area contributed by atoms with Crippen molar-refractivity contribution in [1.82, 2.24) is 4.90 Å². The van der Waals surface area contributed by atoms with Crippen LogP contribution < -0.4 is 0 Å². The molecule has 0 radical (unpaired) electrons. The third kappa shape index (κ3) is 7.49. The molecule has 1 amide bonds. The highest BCUT2D eigenvalue weighted by Gasteiger charge is 2.35. The molecule has 0 aliphatic carbocycles. The molecule has 0 fully saturated rings. The van der Waals surface area contributed by atoms with Crippen molar-refractivity contribution < 1.29 is 9.59 Å². The van der Waals surface area contributed by atoms with Gasteiger partial charge in [0.15, 0.2) is 5.78 Å². The second kappa shape index (κ2) is 11.5. The Bertz CT molecular complexity index is 755. The van der Waals surface area contributed by atoms with Crippen LogP contribution in [0.3, 0.4) is 0 Å². The lowest BCUT2D eigenvalue weighted by Gasteiger charge is -2.34. The van der Waals surface area contributed by atoms with E-state index in [2.05, 4.69) is 31.2 Å². The van der Waals surface area contributed by atoms with E-state index in [1.54, 1.807) is 19.0 Å². The van der Waals surface area contributed by atoms with Crippen LogP contribution >= 0.6 is 0 Å². The number of unbranched alkanes of at least 4 members (excludes halogenated alkanes) is 1. The zero-order valence-corrected chi connectivity index (χ0v) is 18.2. The van der Waals surface area contributed by atoms with Crippen molar-refractivity contribution >= 4 is 11.7 Å². The summed E-state index contributed by atoms with van der Waals surface area (Å²) in [6.45, 7) is 2.17. The van der Waals surface area contributed by atoms with Gasteiger partial charge in [-0.05, 0) is 36.7 Å². The number of rotatable bonds is 12. The van der Waals surface area contributed by atoms with E-state index in [4.69, 9.17) is 0 Å². The Kier molecular flexibility index (Phi) is 9.11. The number of aryl methyl sites for hydroxylation is 1. The van der Waals surface area contributed by atoms with Crippen molar-refractivity contribution in [2.24, 2.45) is 5.41 Å². The lowest BCUT2D eigenvalue weighted by Crippen LogP contribution is -2.33. The first kappa shape index (κ1) is 22.9. The molecule has 0 aromatic heterocycles. The molecule has 0 aliphatic heterocycles. The van der Waals surface area contributed by atoms with E-state index in [9.17, 15) is 9.59 Å². The van der Waals surface area contributed by atoms with Gasteiger partial charge < -0.3 is 4.90 Å². The normalized spacial score (nSPS) is 12.9. The van der Waals surface area contributed by atoms with E-state index < -0.39 is 0 Å². The van der Waals surface area contributed by atoms with Crippen molar-refractivity contribution in [1.29, 1.82) is 0 Å². The average molecular weight is 394 g/mol. The lowest BCUT2D eigenvalue weighted by atomic mass is 9.71. The summed E-state index contributed by atoms with van der Waals surface area (Å²) >= 11 is 0. The molecule has 1 atom stereocenters. The molecule has 3 heteroatoms. The van der Waals surface area contributed by atoms with Gasteiger partial charge in [-0.1, -0.05) is 80.4 Å². The fraction of sp³-hybridized carbons (Fsp3) is 0.462. The van der Waals surface area contributed by atoms with Crippen LogP contribution in [-0.4, -0.2) is 30.7 Å². The van der Waals surface area contributed by atoms with Crippen molar-refractivity contribution in [2.45, 2.75) is 58.3 Å². The molecule has 0 heterocycles. The highest BCUT2D eigenvalue weighted by Crippen LogP contribution is 2.40. The predicted octanol–water partition coefficient (Wildman–Crippen LogP) is 5.94. The molecular formula is C26H35NO2. The predicted molar refractivity (Wildman–Crippen MR) is 120 cm³/mol. The van der Waals surface area contributed by atoms with Gasteiger partial charge in [0, 0.05) is 32.5 Å². The Morgan fingerprint density at radius 1 is 0.828 bits per heavy atom. The van der Waals surface area contributed by atoms with Crippen LogP contribution in [0.5, 0.6) is 0 Å². The third-order valence-electron chi connectivity index (χ3n) is 5.73. The smallest absolute Gasteiger partial charge is 0.222 e. The molecule has 0 saturated heterocycles. The summed E-state index contributed by atoms with van der Waals surface area (Å²) in [5, 5.41) is 0. The van der Waals surface area contributed by atoms with E-state index >= 15 is 0 Å². The molecular weight excluding hydrogens is 358 g/mol. The Hall–Kier alpha value is -2.42. The fourth-order valence-electron chi connectivity index (χ4n) is 3.95. The SMILES string of the molecule is CCCC[C@@](CCCc1ccccc1)(CC(=O)c1ccccc1)CC(=O)N(C)C. The van der Waals surface area contributed by atoms with Crippen molar-refractivity contribution in [3.63, 3.8) is 0 Å². The van der Waals surface area contributed by atoms with Crippen molar-refractivity contribution in [2.75, 3.05) is 14.1 Å². The summed E-state index contributed by atoms with van der Waals surface area (Å²) in [6.07, 6.45) is 6.74. The van der Waals surface area contributed by atoms with Gasteiger partial charge in [0.25, 0.3) is 0 Å². The standard InChI is InChI=1S/C26H35NO2/c1-4-5-18-26(21-25(29)27(2)3,19-12-15-22-13-8-6-9-14-22)20-24(28)23-16-10-7-11-17-23/h6-11,13-14,16-17H,4-5,12,15,18-21H2,1-3H3/t26-/m1/s1. The summed E-state index contributed by atoms with van der Waals surface area (Å²) in [6, 6.07) is 19.9. The van der Waals surface area contributed by atoms with E-state index in [-0.39, 0.29) is 17.1 Å². The minimum Gasteiger partial charge on any atom is -0.349 e. The maximum atomic E-state index is 13.1. The van der Waals surface area contributed by atoms with Crippen LogP contribution in [0.2, 0.25) is 0 Å². The van der Waals surface area contributed by atoms with Gasteiger partial charge in [-0.15, -0.1) is 0 Å². The zero-order chi connectivity index (χ0) is 21.1. The van der Waals surface area contributed by atoms with Gasteiger partial charge in [0.05, 0.1) is 0 Å². The van der Waals surface area contributed by atoms with Gasteiger partial charge in [0.2, 0.25) is 5.91 Å². The first-order chi connectivity index (χ1) is 14.0. The van der Waals surface area contributed by atoms with Gasteiger partial charge in [0.1, 0.15) is 0 Å². The monoisotopic (exact) mass is 393 g/mol. The maximum absolute atomic E-state index is 13.1. The second-order valence-corrected chi connectivity index (χ2v) is 8.37. The topological polar surface area (TPSA) is 37.4 Å². The second-order valence-electron chi connectivity index (χ2n) is 8.37. The first-order valence-corrected chi connectivity index (χ1v) is 10.8. The van der Waals surface area contributed by atoms with Crippen molar-refractivity contribution in [3.05, 3.63) is 71.8 Å². The maximum Gasteiger partial charge on any atom is 0.222 e. The molecule has 0 spiro atoms. The van der Waals surface area contributed by atoms with Gasteiger partial charge in [-0.2, -0.15) is 0 Å². The number of carbonyl (C=O) groups is 2. The molecule has 0 bridgehead atoms. The zero-order valence-electron chi connectivity index (χ0n) is 18.2. The number of hydrogen-bond acceptors (Lipinski definition) is 2. The van der Waals surface area contributed by atoms with Crippen LogP contribution in [-0.2, 0) is 11.2 Å². The number of Topliss-reactive ketones (excluding diaryl/α,β-unsaturated/α-hetero) is 1. The van der Waals surface area contributed by atoms with Crippen LogP contribution in [0.25, 0.3) is 0 Å².